The highest BCUT2D eigenvalue weighted by atomic mass is 32.2. The molecule has 0 radical (unpaired) electrons. The van der Waals surface area contributed by atoms with Crippen LogP contribution < -0.4 is 9.21 Å². The summed E-state index contributed by atoms with van der Waals surface area (Å²) in [6.07, 6.45) is 4.34. The van der Waals surface area contributed by atoms with Crippen molar-refractivity contribution in [3.63, 3.8) is 0 Å². The molecule has 0 unspecified atom stereocenters. The van der Waals surface area contributed by atoms with Gasteiger partial charge in [0.2, 0.25) is 21.9 Å². The Kier molecular flexibility index (Phi) is 5.54. The van der Waals surface area contributed by atoms with E-state index in [0.29, 0.717) is 32.1 Å². The second-order valence-corrected chi connectivity index (χ2v) is 8.07. The summed E-state index contributed by atoms with van der Waals surface area (Å²) in [5.74, 6) is -0.176. The highest BCUT2D eigenvalue weighted by Crippen LogP contribution is 2.18. The van der Waals surface area contributed by atoms with Crippen LogP contribution in [0.5, 0.6) is 0 Å². The van der Waals surface area contributed by atoms with Gasteiger partial charge in [-0.15, -0.1) is 0 Å². The number of hydrogen-bond acceptors (Lipinski definition) is 6. The molecule has 1 fully saturated rings. The second kappa shape index (κ2) is 7.87. The Morgan fingerprint density at radius 1 is 1.11 bits per heavy atom. The fraction of sp³-hybridized carbons (Fsp3) is 0.353. The molecule has 2 aromatic rings. The van der Waals surface area contributed by atoms with Gasteiger partial charge < -0.3 is 9.80 Å². The highest BCUT2D eigenvalue weighted by molar-refractivity contribution is 7.92. The van der Waals surface area contributed by atoms with E-state index < -0.39 is 15.8 Å². The molecule has 0 N–H and O–H groups in total. The lowest BCUT2D eigenvalue weighted by Gasteiger charge is -2.35. The Labute approximate surface area is 157 Å². The first kappa shape index (κ1) is 19.0. The van der Waals surface area contributed by atoms with Crippen molar-refractivity contribution in [1.29, 1.82) is 0 Å². The molecule has 0 bridgehead atoms. The molecule has 0 atom stereocenters. The van der Waals surface area contributed by atoms with Gasteiger partial charge in [0.1, 0.15) is 12.4 Å². The Morgan fingerprint density at radius 2 is 1.70 bits per heavy atom. The van der Waals surface area contributed by atoms with Crippen LogP contribution in [0.15, 0.2) is 42.7 Å². The summed E-state index contributed by atoms with van der Waals surface area (Å²) in [6, 6.07) is 6.74. The molecule has 27 heavy (non-hydrogen) atoms. The minimum atomic E-state index is -3.69. The average molecular weight is 393 g/mol. The number of sulfonamides is 1. The van der Waals surface area contributed by atoms with Crippen molar-refractivity contribution >= 4 is 27.6 Å². The average Bonchev–Trinajstić information content (AvgIpc) is 2.67. The van der Waals surface area contributed by atoms with E-state index in [4.69, 9.17) is 0 Å². The normalized spacial score (nSPS) is 14.9. The van der Waals surface area contributed by atoms with Gasteiger partial charge in [0.15, 0.2) is 0 Å². The van der Waals surface area contributed by atoms with E-state index in [1.807, 2.05) is 4.90 Å². The summed E-state index contributed by atoms with van der Waals surface area (Å²) < 4.78 is 38.3. The third-order valence-corrected chi connectivity index (χ3v) is 5.40. The SMILES string of the molecule is CS(=O)(=O)N(CC(=O)N1CCN(c2ncccn2)CC1)c1ccc(F)cc1. The summed E-state index contributed by atoms with van der Waals surface area (Å²) in [4.78, 5) is 24.6. The molecule has 144 valence electrons. The van der Waals surface area contributed by atoms with Crippen molar-refractivity contribution < 1.29 is 17.6 Å². The van der Waals surface area contributed by atoms with E-state index >= 15 is 0 Å². The van der Waals surface area contributed by atoms with E-state index in [1.54, 1.807) is 23.4 Å². The number of benzene rings is 1. The molecule has 10 heteroatoms. The molecular weight excluding hydrogens is 373 g/mol. The molecule has 1 aromatic carbocycles. The van der Waals surface area contributed by atoms with Gasteiger partial charge in [-0.25, -0.2) is 22.8 Å². The van der Waals surface area contributed by atoms with Gasteiger partial charge >= 0.3 is 0 Å². The molecule has 1 aliphatic rings. The molecule has 8 nitrogen and oxygen atoms in total. The maximum Gasteiger partial charge on any atom is 0.243 e. The Morgan fingerprint density at radius 3 is 2.26 bits per heavy atom. The summed E-state index contributed by atoms with van der Waals surface area (Å²) >= 11 is 0. The fourth-order valence-electron chi connectivity index (χ4n) is 2.84. The van der Waals surface area contributed by atoms with Crippen molar-refractivity contribution in [3.8, 4) is 0 Å². The van der Waals surface area contributed by atoms with Crippen molar-refractivity contribution in [2.45, 2.75) is 0 Å². The molecule has 1 saturated heterocycles. The molecule has 1 aromatic heterocycles. The first-order valence-corrected chi connectivity index (χ1v) is 10.2. The number of nitrogens with zero attached hydrogens (tertiary/aromatic N) is 5. The Hall–Kier alpha value is -2.75. The van der Waals surface area contributed by atoms with Gasteiger partial charge in [-0.1, -0.05) is 0 Å². The van der Waals surface area contributed by atoms with Gasteiger partial charge in [-0.2, -0.15) is 0 Å². The standard InChI is InChI=1S/C17H20FN5O3S/c1-27(25,26)23(15-5-3-14(18)4-6-15)13-16(24)21-9-11-22(12-10-21)17-19-7-2-8-20-17/h2-8H,9-13H2,1H3. The zero-order valence-electron chi connectivity index (χ0n) is 14.8. The van der Waals surface area contributed by atoms with Crippen molar-refractivity contribution in [2.24, 2.45) is 0 Å². The molecule has 1 aliphatic heterocycles. The van der Waals surface area contributed by atoms with E-state index in [-0.39, 0.29) is 18.1 Å². The predicted molar refractivity (Wildman–Crippen MR) is 99.4 cm³/mol. The van der Waals surface area contributed by atoms with E-state index in [9.17, 15) is 17.6 Å². The number of carbonyl (C=O) groups is 1. The van der Waals surface area contributed by atoms with E-state index in [1.165, 1.54) is 12.1 Å². The number of carbonyl (C=O) groups excluding carboxylic acids is 1. The largest absolute Gasteiger partial charge is 0.338 e. The maximum absolute atomic E-state index is 13.1. The lowest BCUT2D eigenvalue weighted by Crippen LogP contribution is -2.52. The quantitative estimate of drug-likeness (QED) is 0.744. The van der Waals surface area contributed by atoms with Crippen LogP contribution in [0.1, 0.15) is 0 Å². The smallest absolute Gasteiger partial charge is 0.243 e. The number of aromatic nitrogens is 2. The van der Waals surface area contributed by atoms with E-state index in [0.717, 1.165) is 22.7 Å². The minimum Gasteiger partial charge on any atom is -0.338 e. The predicted octanol–water partition coefficient (Wildman–Crippen LogP) is 0.731. The van der Waals surface area contributed by atoms with Gasteiger partial charge in [0, 0.05) is 38.6 Å². The third-order valence-electron chi connectivity index (χ3n) is 4.26. The zero-order chi connectivity index (χ0) is 19.4. The maximum atomic E-state index is 13.1. The number of halogens is 1. The van der Waals surface area contributed by atoms with Crippen LogP contribution in [-0.2, 0) is 14.8 Å². The van der Waals surface area contributed by atoms with Crippen LogP contribution in [0.3, 0.4) is 0 Å². The van der Waals surface area contributed by atoms with Gasteiger partial charge in [-0.05, 0) is 30.3 Å². The Balaban J connectivity index is 1.66. The lowest BCUT2D eigenvalue weighted by molar-refractivity contribution is -0.129. The first-order valence-electron chi connectivity index (χ1n) is 8.37. The molecule has 0 saturated carbocycles. The first-order chi connectivity index (χ1) is 12.8. The third kappa shape index (κ3) is 4.70. The van der Waals surface area contributed by atoms with Crippen LogP contribution >= 0.6 is 0 Å². The molecule has 0 spiro atoms. The Bertz CT molecular complexity index is 885. The number of rotatable bonds is 5. The summed E-state index contributed by atoms with van der Waals surface area (Å²) in [7, 11) is -3.69. The zero-order valence-corrected chi connectivity index (χ0v) is 15.6. The van der Waals surface area contributed by atoms with Gasteiger partial charge in [0.25, 0.3) is 0 Å². The van der Waals surface area contributed by atoms with Crippen LogP contribution in [0.25, 0.3) is 0 Å². The van der Waals surface area contributed by atoms with Crippen LogP contribution in [-0.4, -0.2) is 68.2 Å². The van der Waals surface area contributed by atoms with Crippen molar-refractivity contribution in [1.82, 2.24) is 14.9 Å². The summed E-state index contributed by atoms with van der Waals surface area (Å²) in [5, 5.41) is 0. The molecule has 2 heterocycles. The van der Waals surface area contributed by atoms with Crippen molar-refractivity contribution in [2.75, 3.05) is 48.2 Å². The molecular formula is C17H20FN5O3S. The number of anilines is 2. The monoisotopic (exact) mass is 393 g/mol. The summed E-state index contributed by atoms with van der Waals surface area (Å²) in [5.41, 5.74) is 0.253. The number of hydrogen-bond donors (Lipinski definition) is 0. The highest BCUT2D eigenvalue weighted by Gasteiger charge is 2.27. The van der Waals surface area contributed by atoms with Crippen LogP contribution in [0.4, 0.5) is 16.0 Å². The second-order valence-electron chi connectivity index (χ2n) is 6.16. The van der Waals surface area contributed by atoms with Crippen LogP contribution in [0, 0.1) is 5.82 Å². The lowest BCUT2D eigenvalue weighted by atomic mass is 10.3. The molecule has 0 aliphatic carbocycles. The summed E-state index contributed by atoms with van der Waals surface area (Å²) in [6.45, 7) is 1.68. The van der Waals surface area contributed by atoms with Gasteiger partial charge in [0.05, 0.1) is 11.9 Å². The minimum absolute atomic E-state index is 0.253. The molecule has 1 amide bonds. The number of amides is 1. The van der Waals surface area contributed by atoms with Gasteiger partial charge in [-0.3, -0.25) is 9.10 Å². The number of piperazine rings is 1. The topological polar surface area (TPSA) is 86.7 Å². The van der Waals surface area contributed by atoms with Crippen LogP contribution in [0.2, 0.25) is 0 Å². The van der Waals surface area contributed by atoms with E-state index in [2.05, 4.69) is 9.97 Å². The van der Waals surface area contributed by atoms with Crippen molar-refractivity contribution in [3.05, 3.63) is 48.5 Å². The molecule has 3 rings (SSSR count). The fourth-order valence-corrected chi connectivity index (χ4v) is 3.69.